The minimum Gasteiger partial charge on any atom is -0.467 e. The van der Waals surface area contributed by atoms with Gasteiger partial charge in [0.2, 0.25) is 0 Å². The second-order valence-electron chi connectivity index (χ2n) is 12.0. The second kappa shape index (κ2) is 11.1. The Kier molecular flexibility index (Phi) is 7.62. The molecule has 7 rings (SSSR count). The van der Waals surface area contributed by atoms with Gasteiger partial charge in [0.05, 0.1) is 12.7 Å². The second-order valence-corrected chi connectivity index (χ2v) is 13.7. The number of methoxy groups -OCH3 is 1. The monoisotopic (exact) mass is 599 g/mol. The number of hydrogen-bond acceptors (Lipinski definition) is 11. The van der Waals surface area contributed by atoms with E-state index in [9.17, 15) is 14.9 Å². The van der Waals surface area contributed by atoms with Crippen molar-refractivity contribution in [2.75, 3.05) is 61.9 Å². The smallest absolute Gasteiger partial charge is 0.320 e. The summed E-state index contributed by atoms with van der Waals surface area (Å²) >= 11 is 7.67. The van der Waals surface area contributed by atoms with Gasteiger partial charge in [0.25, 0.3) is 0 Å². The van der Waals surface area contributed by atoms with Gasteiger partial charge in [-0.25, -0.2) is 4.39 Å². The van der Waals surface area contributed by atoms with Gasteiger partial charge in [-0.1, -0.05) is 18.5 Å². The highest BCUT2D eigenvalue weighted by Gasteiger charge is 2.46. The number of aromatic nitrogens is 2. The van der Waals surface area contributed by atoms with E-state index in [1.165, 1.54) is 31.3 Å². The number of nitriles is 2. The minimum atomic E-state index is -0.518. The Morgan fingerprint density at radius 1 is 1.07 bits per heavy atom. The quantitative estimate of drug-likeness (QED) is 0.539. The number of nitrogen functional groups attached to an aromatic ring is 1. The number of hydrogen-bond donors (Lipinski definition) is 2. The number of ether oxygens (including phenoxy) is 1. The zero-order valence-electron chi connectivity index (χ0n) is 23.4. The van der Waals surface area contributed by atoms with Crippen LogP contribution in [-0.2, 0) is 5.41 Å². The van der Waals surface area contributed by atoms with Crippen molar-refractivity contribution < 1.29 is 9.13 Å². The highest BCUT2D eigenvalue weighted by molar-refractivity contribution is 7.20. The van der Waals surface area contributed by atoms with Gasteiger partial charge in [-0.05, 0) is 38.6 Å². The Bertz CT molecular complexity index is 1380. The van der Waals surface area contributed by atoms with Gasteiger partial charge in [0.1, 0.15) is 33.2 Å². The highest BCUT2D eigenvalue weighted by Crippen LogP contribution is 2.48. The highest BCUT2D eigenvalue weighted by atomic mass is 35.5. The minimum absolute atomic E-state index is 0.240. The maximum atomic E-state index is 12.6. The molecule has 10 nitrogen and oxygen atoms in total. The third-order valence-electron chi connectivity index (χ3n) is 9.11. The molecule has 4 atom stereocenters. The van der Waals surface area contributed by atoms with Crippen LogP contribution >= 0.6 is 22.9 Å². The normalized spacial score (nSPS) is 27.9. The lowest BCUT2D eigenvalue weighted by Gasteiger charge is -2.49. The lowest BCUT2D eigenvalue weighted by atomic mass is 9.75. The first-order chi connectivity index (χ1) is 19.7. The molecule has 2 bridgehead atoms. The third kappa shape index (κ3) is 5.16. The molecule has 7 heterocycles. The first kappa shape index (κ1) is 28.2. The summed E-state index contributed by atoms with van der Waals surface area (Å²) in [5.74, 6) is 1.17. The first-order valence-electron chi connectivity index (χ1n) is 14.2. The van der Waals surface area contributed by atoms with E-state index in [0.717, 1.165) is 44.5 Å². The molecule has 0 spiro atoms. The predicted molar refractivity (Wildman–Crippen MR) is 158 cm³/mol. The molecule has 2 aromatic heterocycles. The number of thiophene rings is 1. The van der Waals surface area contributed by atoms with Crippen LogP contribution in [0.3, 0.4) is 0 Å². The number of nitrogens with zero attached hydrogens (tertiary/aromatic N) is 7. The summed E-state index contributed by atoms with van der Waals surface area (Å²) in [4.78, 5) is 15.6. The molecule has 5 aliphatic rings. The van der Waals surface area contributed by atoms with E-state index in [1.807, 2.05) is 4.90 Å². The summed E-state index contributed by atoms with van der Waals surface area (Å²) in [7, 11) is 1.53. The first-order valence-corrected chi connectivity index (χ1v) is 15.4. The van der Waals surface area contributed by atoms with Crippen LogP contribution in [-0.4, -0.2) is 85.5 Å². The van der Waals surface area contributed by atoms with Crippen LogP contribution < -0.4 is 25.6 Å². The Balaban J connectivity index is 0.000000283. The van der Waals surface area contributed by atoms with Crippen molar-refractivity contribution in [2.45, 2.75) is 68.7 Å². The maximum Gasteiger partial charge on any atom is 0.320 e. The lowest BCUT2D eigenvalue weighted by molar-refractivity contribution is 0.292. The molecule has 0 saturated carbocycles. The van der Waals surface area contributed by atoms with E-state index < -0.39 is 6.17 Å². The van der Waals surface area contributed by atoms with Gasteiger partial charge in [-0.15, -0.1) is 11.3 Å². The van der Waals surface area contributed by atoms with E-state index in [0.29, 0.717) is 69.9 Å². The summed E-state index contributed by atoms with van der Waals surface area (Å²) in [6.07, 6.45) is 5.08. The third-order valence-corrected chi connectivity index (χ3v) is 10.3. The van der Waals surface area contributed by atoms with E-state index >= 15 is 0 Å². The average Bonchev–Trinajstić information content (AvgIpc) is 3.68. The van der Waals surface area contributed by atoms with Crippen LogP contribution in [0.4, 0.5) is 21.0 Å². The topological polar surface area (TPSA) is 130 Å². The van der Waals surface area contributed by atoms with Crippen LogP contribution in [0.2, 0.25) is 4.34 Å². The van der Waals surface area contributed by atoms with E-state index in [1.54, 1.807) is 0 Å². The van der Waals surface area contributed by atoms with E-state index in [-0.39, 0.29) is 11.4 Å². The van der Waals surface area contributed by atoms with Crippen molar-refractivity contribution in [2.24, 2.45) is 0 Å². The molecule has 41 heavy (non-hydrogen) atoms. The number of nitrogens with two attached hydrogens (primary N) is 1. The largest absolute Gasteiger partial charge is 0.467 e. The predicted octanol–water partition coefficient (Wildman–Crippen LogP) is 3.44. The fourth-order valence-corrected chi connectivity index (χ4v) is 8.70. The van der Waals surface area contributed by atoms with Gasteiger partial charge in [-0.3, -0.25) is 4.90 Å². The summed E-state index contributed by atoms with van der Waals surface area (Å²) in [5.41, 5.74) is 7.30. The number of rotatable bonds is 4. The molecule has 3 unspecified atom stereocenters. The van der Waals surface area contributed by atoms with Crippen LogP contribution in [0.15, 0.2) is 0 Å². The Hall–Kier alpha value is -2.90. The van der Waals surface area contributed by atoms with Crippen LogP contribution in [0, 0.1) is 22.7 Å². The number of fused-ring (bicyclic) bond motifs is 3. The van der Waals surface area contributed by atoms with Crippen LogP contribution in [0.5, 0.6) is 6.01 Å². The molecular weight excluding hydrogens is 565 g/mol. The Morgan fingerprint density at radius 3 is 2.34 bits per heavy atom. The molecule has 3 N–H and O–H groups in total. The number of alkyl halides is 1. The van der Waals surface area contributed by atoms with E-state index in [4.69, 9.17) is 22.1 Å². The Morgan fingerprint density at radius 2 is 1.73 bits per heavy atom. The lowest BCUT2D eigenvalue weighted by Crippen LogP contribution is -2.58. The van der Waals surface area contributed by atoms with Crippen molar-refractivity contribution in [3.8, 4) is 18.1 Å². The number of halogens is 2. The molecule has 2 aromatic rings. The number of piperazine rings is 1. The summed E-state index contributed by atoms with van der Waals surface area (Å²) < 4.78 is 18.5. The molecule has 5 fully saturated rings. The van der Waals surface area contributed by atoms with E-state index in [2.05, 4.69) is 44.1 Å². The number of anilines is 3. The van der Waals surface area contributed by atoms with Crippen LogP contribution in [0.1, 0.15) is 55.7 Å². The molecule has 218 valence electrons. The zero-order valence-corrected chi connectivity index (χ0v) is 24.9. The average molecular weight is 600 g/mol. The summed E-state index contributed by atoms with van der Waals surface area (Å²) in [5, 5.41) is 23.7. The fourth-order valence-electron chi connectivity index (χ4n) is 7.24. The molecule has 5 aliphatic heterocycles. The Labute approximate surface area is 248 Å². The molecule has 5 saturated heterocycles. The molecule has 0 aromatic carbocycles. The molecule has 0 radical (unpaired) electrons. The number of nitrogens with one attached hydrogen (secondary N) is 1. The molecular formula is C28H35ClFN9OS. The fraction of sp³-hybridized carbons (Fsp3) is 0.643. The van der Waals surface area contributed by atoms with Crippen molar-refractivity contribution in [1.82, 2.24) is 20.2 Å². The van der Waals surface area contributed by atoms with Crippen LogP contribution in [0.25, 0.3) is 0 Å². The van der Waals surface area contributed by atoms with Gasteiger partial charge in [0, 0.05) is 61.8 Å². The van der Waals surface area contributed by atoms with Gasteiger partial charge in [0.15, 0.2) is 11.6 Å². The summed E-state index contributed by atoms with van der Waals surface area (Å²) in [6.45, 7) is 6.62. The zero-order chi connectivity index (χ0) is 28.9. The molecule has 0 amide bonds. The van der Waals surface area contributed by atoms with Gasteiger partial charge < -0.3 is 25.6 Å². The molecule has 13 heteroatoms. The van der Waals surface area contributed by atoms with Gasteiger partial charge in [-0.2, -0.15) is 20.5 Å². The SMILES string of the molecule is COc1nc(N2CC3CC[C@@H](C2)N3)c(C#N)c(N2CC(C)(c3c(Cl)sc(N)c3C#N)C2)n1.FC1CC2CCCN2C1. The van der Waals surface area contributed by atoms with Crippen molar-refractivity contribution >= 4 is 39.6 Å². The molecule has 0 aliphatic carbocycles. The van der Waals surface area contributed by atoms with Crippen molar-refractivity contribution in [1.29, 1.82) is 10.5 Å². The van der Waals surface area contributed by atoms with Gasteiger partial charge >= 0.3 is 6.01 Å². The van der Waals surface area contributed by atoms with Crippen molar-refractivity contribution in [3.05, 3.63) is 21.0 Å². The maximum absolute atomic E-state index is 12.6. The standard InChI is InChI=1S/C21H23ClN8OS.C7H12FN/c1-21(15-13(5-23)17(25)32-16(15)22)9-30(10-21)19-14(6-24)18(27-20(28-19)31-2)29-7-11-3-4-12(8-29)26-11;8-6-4-7-2-1-3-9(7)5-6/h11-12,26H,3-4,7-10,25H2,1-2H3;6-7H,1-5H2/t11-,12?;/m0./s1. The summed E-state index contributed by atoms with van der Waals surface area (Å²) in [6, 6.07) is 6.20. The van der Waals surface area contributed by atoms with Crippen molar-refractivity contribution in [3.63, 3.8) is 0 Å².